The van der Waals surface area contributed by atoms with Crippen LogP contribution in [0, 0.1) is 5.82 Å². The van der Waals surface area contributed by atoms with Gasteiger partial charge in [-0.25, -0.2) is 4.39 Å². The van der Waals surface area contributed by atoms with Crippen LogP contribution in [0.1, 0.15) is 6.92 Å². The van der Waals surface area contributed by atoms with Gasteiger partial charge in [0, 0.05) is 26.8 Å². The van der Waals surface area contributed by atoms with Gasteiger partial charge in [-0.1, -0.05) is 0 Å². The van der Waals surface area contributed by atoms with Crippen molar-refractivity contribution in [2.45, 2.75) is 11.8 Å². The van der Waals surface area contributed by atoms with Crippen LogP contribution in [-0.2, 0) is 14.8 Å². The minimum absolute atomic E-state index is 0.0925. The Balaban J connectivity index is 2.41. The van der Waals surface area contributed by atoms with Crippen molar-refractivity contribution in [1.82, 2.24) is 9.80 Å². The first-order chi connectivity index (χ1) is 10.7. The number of nitrogens with zero attached hydrogens (tertiary/aromatic N) is 3. The zero-order valence-corrected chi connectivity index (χ0v) is 14.5. The number of thioether (sulfide) groups is 1. The fraction of sp³-hybridized carbons (Fsp3) is 0.286. The van der Waals surface area contributed by atoms with Gasteiger partial charge in [0.05, 0.1) is 9.80 Å². The fourth-order valence-electron chi connectivity index (χ4n) is 1.84. The maximum atomic E-state index is 12.9. The summed E-state index contributed by atoms with van der Waals surface area (Å²) in [7, 11) is -0.482. The second-order valence-corrected chi connectivity index (χ2v) is 7.52. The van der Waals surface area contributed by atoms with Crippen LogP contribution in [0.25, 0.3) is 0 Å². The number of hydrogen-bond donors (Lipinski definition) is 0. The minimum atomic E-state index is -4.01. The molecular formula is C14H16FN3O3S2. The zero-order valence-electron chi connectivity index (χ0n) is 12.9. The molecule has 0 bridgehead atoms. The van der Waals surface area contributed by atoms with Gasteiger partial charge in [-0.3, -0.25) is 9.69 Å². The van der Waals surface area contributed by atoms with Crippen LogP contribution in [0.3, 0.4) is 0 Å². The van der Waals surface area contributed by atoms with E-state index in [2.05, 4.69) is 4.40 Å². The lowest BCUT2D eigenvalue weighted by Crippen LogP contribution is -2.29. The van der Waals surface area contributed by atoms with Crippen LogP contribution in [0.15, 0.2) is 44.7 Å². The van der Waals surface area contributed by atoms with Gasteiger partial charge in [0.2, 0.25) is 0 Å². The molecule has 124 valence electrons. The predicted molar refractivity (Wildman–Crippen MR) is 87.8 cm³/mol. The van der Waals surface area contributed by atoms with E-state index in [9.17, 15) is 17.6 Å². The smallest absolute Gasteiger partial charge is 0.284 e. The van der Waals surface area contributed by atoms with Crippen LogP contribution in [0.2, 0.25) is 0 Å². The van der Waals surface area contributed by atoms with Gasteiger partial charge in [-0.2, -0.15) is 8.42 Å². The van der Waals surface area contributed by atoms with E-state index >= 15 is 0 Å². The predicted octanol–water partition coefficient (Wildman–Crippen LogP) is 1.87. The number of amidine groups is 1. The van der Waals surface area contributed by atoms with Gasteiger partial charge < -0.3 is 4.90 Å². The highest BCUT2D eigenvalue weighted by Gasteiger charge is 2.34. The number of carbonyl (C=O) groups excluding carboxylic acids is 1. The molecule has 1 amide bonds. The summed E-state index contributed by atoms with van der Waals surface area (Å²) in [6.07, 6.45) is 1.61. The fourth-order valence-corrected chi connectivity index (χ4v) is 4.15. The van der Waals surface area contributed by atoms with E-state index in [1.807, 2.05) is 0 Å². The highest BCUT2D eigenvalue weighted by molar-refractivity contribution is 8.19. The van der Waals surface area contributed by atoms with E-state index in [0.29, 0.717) is 11.4 Å². The Morgan fingerprint density at radius 2 is 1.91 bits per heavy atom. The summed E-state index contributed by atoms with van der Waals surface area (Å²) in [6.45, 7) is 2.03. The molecule has 0 N–H and O–H groups in total. The molecule has 1 fully saturated rings. The van der Waals surface area contributed by atoms with Gasteiger partial charge in [0.1, 0.15) is 5.82 Å². The molecule has 0 aromatic heterocycles. The van der Waals surface area contributed by atoms with E-state index in [1.165, 1.54) is 4.90 Å². The molecule has 1 aliphatic heterocycles. The average molecular weight is 357 g/mol. The highest BCUT2D eigenvalue weighted by Crippen LogP contribution is 2.32. The Morgan fingerprint density at radius 3 is 2.43 bits per heavy atom. The highest BCUT2D eigenvalue weighted by atomic mass is 32.2. The molecule has 1 heterocycles. The summed E-state index contributed by atoms with van der Waals surface area (Å²) in [5, 5.41) is 0.0925. The molecule has 1 saturated heterocycles. The lowest BCUT2D eigenvalue weighted by atomic mass is 10.4. The molecule has 23 heavy (non-hydrogen) atoms. The molecule has 2 rings (SSSR count). The number of carbonyl (C=O) groups is 1. The van der Waals surface area contributed by atoms with Crippen LogP contribution in [0.5, 0.6) is 0 Å². The Labute approximate surface area is 138 Å². The number of rotatable bonds is 4. The first kappa shape index (κ1) is 17.5. The SMILES string of the molecule is CCN1C(=O)/C(=C/N(C)C)S/C1=N\S(=O)(=O)c1ccc(F)cc1. The third-order valence-electron chi connectivity index (χ3n) is 2.89. The normalized spacial score (nSPS) is 19.0. The monoisotopic (exact) mass is 357 g/mol. The van der Waals surface area contributed by atoms with Crippen molar-refractivity contribution in [2.24, 2.45) is 4.40 Å². The number of amides is 1. The van der Waals surface area contributed by atoms with Crippen LogP contribution < -0.4 is 0 Å². The minimum Gasteiger partial charge on any atom is -0.382 e. The van der Waals surface area contributed by atoms with E-state index < -0.39 is 15.8 Å². The van der Waals surface area contributed by atoms with E-state index in [0.717, 1.165) is 36.0 Å². The average Bonchev–Trinajstić information content (AvgIpc) is 2.73. The Bertz CT molecular complexity index is 771. The molecule has 0 unspecified atom stereocenters. The molecule has 0 spiro atoms. The van der Waals surface area contributed by atoms with Gasteiger partial charge >= 0.3 is 0 Å². The molecule has 1 aromatic carbocycles. The van der Waals surface area contributed by atoms with E-state index in [4.69, 9.17) is 0 Å². The molecule has 1 aromatic rings. The summed E-state index contributed by atoms with van der Waals surface area (Å²) in [5.41, 5.74) is 0. The number of likely N-dealkylation sites (N-methyl/N-ethyl adjacent to an activating group) is 1. The standard InChI is InChI=1S/C14H16FN3O3S2/c1-4-18-13(19)12(9-17(2)3)22-14(18)16-23(20,21)11-7-5-10(15)6-8-11/h5-9H,4H2,1-3H3/b12-9-,16-14-. The maximum Gasteiger partial charge on any atom is 0.284 e. The third-order valence-corrected chi connectivity index (χ3v) is 5.28. The lowest BCUT2D eigenvalue weighted by Gasteiger charge is -2.12. The van der Waals surface area contributed by atoms with Crippen molar-refractivity contribution >= 4 is 32.9 Å². The van der Waals surface area contributed by atoms with Gasteiger partial charge in [0.25, 0.3) is 15.9 Å². The molecule has 9 heteroatoms. The molecular weight excluding hydrogens is 341 g/mol. The second kappa shape index (κ2) is 6.71. The summed E-state index contributed by atoms with van der Waals surface area (Å²) in [5.74, 6) is -0.826. The van der Waals surface area contributed by atoms with Crippen molar-refractivity contribution in [3.8, 4) is 0 Å². The van der Waals surface area contributed by atoms with Crippen molar-refractivity contribution < 1.29 is 17.6 Å². The van der Waals surface area contributed by atoms with E-state index in [-0.39, 0.29) is 16.0 Å². The number of hydrogen-bond acceptors (Lipinski definition) is 5. The Morgan fingerprint density at radius 1 is 1.30 bits per heavy atom. The van der Waals surface area contributed by atoms with E-state index in [1.54, 1.807) is 32.1 Å². The van der Waals surface area contributed by atoms with Crippen LogP contribution in [0.4, 0.5) is 4.39 Å². The quantitative estimate of drug-likeness (QED) is 0.770. The number of sulfonamides is 1. The van der Waals surface area contributed by atoms with Crippen molar-refractivity contribution in [2.75, 3.05) is 20.6 Å². The second-order valence-electron chi connectivity index (χ2n) is 4.91. The number of benzene rings is 1. The van der Waals surface area contributed by atoms with Crippen LogP contribution in [-0.4, -0.2) is 49.9 Å². The van der Waals surface area contributed by atoms with Gasteiger partial charge in [-0.15, -0.1) is 4.40 Å². The molecule has 1 aliphatic rings. The molecule has 0 radical (unpaired) electrons. The van der Waals surface area contributed by atoms with Crippen molar-refractivity contribution in [3.63, 3.8) is 0 Å². The number of halogens is 1. The van der Waals surface area contributed by atoms with Gasteiger partial charge in [0.15, 0.2) is 5.17 Å². The Kier molecular flexibility index (Phi) is 5.10. The molecule has 0 aliphatic carbocycles. The third kappa shape index (κ3) is 3.91. The molecule has 6 nitrogen and oxygen atoms in total. The van der Waals surface area contributed by atoms with Crippen molar-refractivity contribution in [1.29, 1.82) is 0 Å². The van der Waals surface area contributed by atoms with Crippen molar-refractivity contribution in [3.05, 3.63) is 41.2 Å². The zero-order chi connectivity index (χ0) is 17.2. The lowest BCUT2D eigenvalue weighted by molar-refractivity contribution is -0.122. The summed E-state index contributed by atoms with van der Waals surface area (Å²) in [4.78, 5) is 15.5. The molecule has 0 saturated carbocycles. The first-order valence-electron chi connectivity index (χ1n) is 6.73. The summed E-state index contributed by atoms with van der Waals surface area (Å²) >= 11 is 0.997. The summed E-state index contributed by atoms with van der Waals surface area (Å²) in [6, 6.07) is 4.38. The van der Waals surface area contributed by atoms with Gasteiger partial charge in [-0.05, 0) is 43.0 Å². The van der Waals surface area contributed by atoms with Crippen LogP contribution >= 0.6 is 11.8 Å². The summed E-state index contributed by atoms with van der Waals surface area (Å²) < 4.78 is 41.3. The Hall–Kier alpha value is -1.87. The largest absolute Gasteiger partial charge is 0.382 e. The topological polar surface area (TPSA) is 70.1 Å². The molecule has 0 atom stereocenters. The first-order valence-corrected chi connectivity index (χ1v) is 8.98. The maximum absolute atomic E-state index is 12.9.